The SMILES string of the molecule is CC(C)(C)c1ccc2c(c1)c1cc(C(C)(C)C)ccc1n2-c1ccc(N(c2ccc([N+](=O)[O-])cc2)c2ccc([N+](=O)[O-])cc2)cc1. The van der Waals surface area contributed by atoms with Crippen LogP contribution in [0.4, 0.5) is 28.4 Å². The van der Waals surface area contributed by atoms with Crippen LogP contribution in [0.2, 0.25) is 0 Å². The highest BCUT2D eigenvalue weighted by molar-refractivity contribution is 6.10. The first-order valence-electron chi connectivity index (χ1n) is 15.2. The molecule has 6 aromatic rings. The molecular formula is C38H36N4O4. The summed E-state index contributed by atoms with van der Waals surface area (Å²) < 4.78 is 2.29. The molecule has 8 heteroatoms. The van der Waals surface area contributed by atoms with Crippen LogP contribution in [0.15, 0.2) is 109 Å². The number of rotatable bonds is 6. The van der Waals surface area contributed by atoms with E-state index >= 15 is 0 Å². The van der Waals surface area contributed by atoms with Crippen molar-refractivity contribution in [1.82, 2.24) is 4.57 Å². The second kappa shape index (κ2) is 11.1. The topological polar surface area (TPSA) is 94.5 Å². The van der Waals surface area contributed by atoms with E-state index in [2.05, 4.69) is 94.6 Å². The minimum Gasteiger partial charge on any atom is -0.310 e. The van der Waals surface area contributed by atoms with Crippen LogP contribution in [0, 0.1) is 20.2 Å². The Kier molecular flexibility index (Phi) is 7.39. The van der Waals surface area contributed by atoms with Crippen LogP contribution >= 0.6 is 0 Å². The van der Waals surface area contributed by atoms with Crippen LogP contribution < -0.4 is 4.90 Å². The van der Waals surface area contributed by atoms with Gasteiger partial charge in [-0.2, -0.15) is 0 Å². The highest BCUT2D eigenvalue weighted by atomic mass is 16.6. The molecule has 46 heavy (non-hydrogen) atoms. The van der Waals surface area contributed by atoms with E-state index < -0.39 is 9.85 Å². The zero-order chi connectivity index (χ0) is 33.0. The lowest BCUT2D eigenvalue weighted by Crippen LogP contribution is -2.10. The smallest absolute Gasteiger partial charge is 0.269 e. The molecule has 0 spiro atoms. The minimum absolute atomic E-state index is 0.00505. The highest BCUT2D eigenvalue weighted by Gasteiger charge is 2.22. The molecule has 0 radical (unpaired) electrons. The molecule has 1 aromatic heterocycles. The van der Waals surface area contributed by atoms with Crippen molar-refractivity contribution in [2.45, 2.75) is 52.4 Å². The summed E-state index contributed by atoms with van der Waals surface area (Å²) in [6.07, 6.45) is 0. The number of fused-ring (bicyclic) bond motifs is 3. The van der Waals surface area contributed by atoms with Gasteiger partial charge in [0.15, 0.2) is 0 Å². The van der Waals surface area contributed by atoms with Crippen molar-refractivity contribution in [2.24, 2.45) is 0 Å². The van der Waals surface area contributed by atoms with Gasteiger partial charge >= 0.3 is 0 Å². The number of nitro benzene ring substituents is 2. The van der Waals surface area contributed by atoms with E-state index in [1.54, 1.807) is 24.3 Å². The van der Waals surface area contributed by atoms with Crippen molar-refractivity contribution in [3.8, 4) is 5.69 Å². The fourth-order valence-corrected chi connectivity index (χ4v) is 5.88. The Hall–Kier alpha value is -5.50. The summed E-state index contributed by atoms with van der Waals surface area (Å²) in [6.45, 7) is 13.4. The summed E-state index contributed by atoms with van der Waals surface area (Å²) in [6, 6.07) is 34.2. The van der Waals surface area contributed by atoms with Gasteiger partial charge < -0.3 is 9.47 Å². The minimum atomic E-state index is -0.435. The number of benzene rings is 5. The summed E-state index contributed by atoms with van der Waals surface area (Å²) in [7, 11) is 0. The maximum absolute atomic E-state index is 11.3. The van der Waals surface area contributed by atoms with E-state index in [9.17, 15) is 20.2 Å². The molecule has 0 saturated heterocycles. The number of nitrogens with zero attached hydrogens (tertiary/aromatic N) is 4. The number of hydrogen-bond donors (Lipinski definition) is 0. The Morgan fingerprint density at radius 1 is 0.522 bits per heavy atom. The van der Waals surface area contributed by atoms with Crippen LogP contribution in [0.5, 0.6) is 0 Å². The summed E-state index contributed by atoms with van der Waals surface area (Å²) in [5.74, 6) is 0. The third kappa shape index (κ3) is 5.58. The third-order valence-corrected chi connectivity index (χ3v) is 8.50. The number of aromatic nitrogens is 1. The summed E-state index contributed by atoms with van der Waals surface area (Å²) in [4.78, 5) is 23.7. The van der Waals surface area contributed by atoms with E-state index in [1.807, 2.05) is 17.0 Å². The van der Waals surface area contributed by atoms with Crippen LogP contribution in [0.1, 0.15) is 52.7 Å². The van der Waals surface area contributed by atoms with Gasteiger partial charge in [0.2, 0.25) is 0 Å². The number of anilines is 3. The molecule has 5 aromatic carbocycles. The van der Waals surface area contributed by atoms with Crippen LogP contribution in [0.25, 0.3) is 27.5 Å². The Labute approximate surface area is 267 Å². The van der Waals surface area contributed by atoms with E-state index in [-0.39, 0.29) is 22.2 Å². The van der Waals surface area contributed by atoms with Crippen molar-refractivity contribution in [1.29, 1.82) is 0 Å². The van der Waals surface area contributed by atoms with Gasteiger partial charge in [0.25, 0.3) is 11.4 Å². The molecule has 0 unspecified atom stereocenters. The summed E-state index contributed by atoms with van der Waals surface area (Å²) in [5, 5.41) is 25.1. The molecule has 0 saturated carbocycles. The quantitative estimate of drug-likeness (QED) is 0.138. The number of hydrogen-bond acceptors (Lipinski definition) is 5. The average molecular weight is 613 g/mol. The van der Waals surface area contributed by atoms with E-state index in [1.165, 1.54) is 46.2 Å². The Balaban J connectivity index is 1.50. The van der Waals surface area contributed by atoms with Gasteiger partial charge in [0.05, 0.1) is 20.9 Å². The van der Waals surface area contributed by atoms with Gasteiger partial charge in [-0.05, 0) is 94.8 Å². The van der Waals surface area contributed by atoms with Gasteiger partial charge in [-0.3, -0.25) is 20.2 Å². The fraction of sp³-hybridized carbons (Fsp3) is 0.211. The zero-order valence-electron chi connectivity index (χ0n) is 26.8. The van der Waals surface area contributed by atoms with Crippen molar-refractivity contribution < 1.29 is 9.85 Å². The van der Waals surface area contributed by atoms with Crippen molar-refractivity contribution in [3.05, 3.63) is 141 Å². The molecule has 0 aliphatic rings. The second-order valence-corrected chi connectivity index (χ2v) is 13.7. The first-order chi connectivity index (χ1) is 21.7. The molecule has 0 aliphatic heterocycles. The summed E-state index contributed by atoms with van der Waals surface area (Å²) in [5.41, 5.74) is 7.93. The van der Waals surface area contributed by atoms with Gasteiger partial charge in [0, 0.05) is 57.8 Å². The Morgan fingerprint density at radius 3 is 1.20 bits per heavy atom. The molecule has 0 atom stereocenters. The zero-order valence-corrected chi connectivity index (χ0v) is 26.8. The monoisotopic (exact) mass is 612 g/mol. The molecule has 6 rings (SSSR count). The van der Waals surface area contributed by atoms with Crippen LogP contribution in [-0.2, 0) is 10.8 Å². The lowest BCUT2D eigenvalue weighted by Gasteiger charge is -2.25. The largest absolute Gasteiger partial charge is 0.310 e. The van der Waals surface area contributed by atoms with Crippen LogP contribution in [-0.4, -0.2) is 14.4 Å². The first-order valence-corrected chi connectivity index (χ1v) is 15.2. The predicted molar refractivity (Wildman–Crippen MR) is 186 cm³/mol. The molecule has 0 N–H and O–H groups in total. The predicted octanol–water partition coefficient (Wildman–Crippen LogP) is 10.7. The molecule has 1 heterocycles. The highest BCUT2D eigenvalue weighted by Crippen LogP contribution is 2.40. The van der Waals surface area contributed by atoms with Crippen LogP contribution in [0.3, 0.4) is 0 Å². The molecular weight excluding hydrogens is 576 g/mol. The molecule has 0 bridgehead atoms. The Morgan fingerprint density at radius 2 is 0.870 bits per heavy atom. The fourth-order valence-electron chi connectivity index (χ4n) is 5.88. The maximum atomic E-state index is 11.3. The lowest BCUT2D eigenvalue weighted by molar-refractivity contribution is -0.385. The van der Waals surface area contributed by atoms with Crippen molar-refractivity contribution in [3.63, 3.8) is 0 Å². The van der Waals surface area contributed by atoms with E-state index in [0.717, 1.165) is 22.4 Å². The number of non-ortho nitro benzene ring substituents is 2. The third-order valence-electron chi connectivity index (χ3n) is 8.50. The van der Waals surface area contributed by atoms with Crippen molar-refractivity contribution >= 4 is 50.2 Å². The normalized spacial score (nSPS) is 12.0. The second-order valence-electron chi connectivity index (χ2n) is 13.7. The number of nitro groups is 2. The van der Waals surface area contributed by atoms with Gasteiger partial charge in [0.1, 0.15) is 0 Å². The molecule has 0 fully saturated rings. The van der Waals surface area contributed by atoms with E-state index in [4.69, 9.17) is 0 Å². The van der Waals surface area contributed by atoms with E-state index in [0.29, 0.717) is 11.4 Å². The van der Waals surface area contributed by atoms with Gasteiger partial charge in [-0.1, -0.05) is 53.7 Å². The van der Waals surface area contributed by atoms with Crippen molar-refractivity contribution in [2.75, 3.05) is 4.90 Å². The maximum Gasteiger partial charge on any atom is 0.269 e. The Bertz CT molecular complexity index is 1970. The first kappa shape index (κ1) is 30.5. The van der Waals surface area contributed by atoms with Gasteiger partial charge in [-0.15, -0.1) is 0 Å². The summed E-state index contributed by atoms with van der Waals surface area (Å²) >= 11 is 0. The molecule has 8 nitrogen and oxygen atoms in total. The van der Waals surface area contributed by atoms with Gasteiger partial charge in [-0.25, -0.2) is 0 Å². The standard InChI is InChI=1S/C38H36N4O4/c1-37(2,3)25-7-21-35-33(23-25)34-24-26(38(4,5)6)8-22-36(34)40(35)30-11-9-27(10-12-30)39(28-13-17-31(18-14-28)41(43)44)29-15-19-32(20-16-29)42(45)46/h7-24H,1-6H3. The molecule has 0 amide bonds. The molecule has 0 aliphatic carbocycles. The average Bonchev–Trinajstić information content (AvgIpc) is 3.34. The molecule has 232 valence electrons. The lowest BCUT2D eigenvalue weighted by atomic mass is 9.85.